The molecule has 2 aromatic rings. The largest absolute Gasteiger partial charge is 0.343 e. The van der Waals surface area contributed by atoms with Crippen LogP contribution in [0, 0.1) is 13.8 Å². The van der Waals surface area contributed by atoms with E-state index in [1.165, 1.54) is 0 Å². The van der Waals surface area contributed by atoms with Gasteiger partial charge in [0.15, 0.2) is 0 Å². The highest BCUT2D eigenvalue weighted by molar-refractivity contribution is 7.80. The van der Waals surface area contributed by atoms with E-state index in [0.717, 1.165) is 21.2 Å². The van der Waals surface area contributed by atoms with Gasteiger partial charge in [0.05, 0.1) is 6.04 Å². The second-order valence-electron chi connectivity index (χ2n) is 4.52. The molecule has 1 aromatic heterocycles. The molecule has 0 saturated heterocycles. The number of thiazole rings is 1. The fourth-order valence-corrected chi connectivity index (χ4v) is 2.77. The third-order valence-corrected chi connectivity index (χ3v) is 4.24. The molecule has 0 bridgehead atoms. The first-order valence-electron chi connectivity index (χ1n) is 6.00. The summed E-state index contributed by atoms with van der Waals surface area (Å²) in [5, 5.41) is 5.87. The number of hydrogen-bond donors (Lipinski definition) is 2. The monoisotopic (exact) mass is 292 g/mol. The van der Waals surface area contributed by atoms with Gasteiger partial charge in [-0.25, -0.2) is 4.98 Å². The van der Waals surface area contributed by atoms with Crippen molar-refractivity contribution in [3.05, 3.63) is 45.4 Å². The summed E-state index contributed by atoms with van der Waals surface area (Å²) in [7, 11) is 0. The van der Waals surface area contributed by atoms with Crippen molar-refractivity contribution in [2.45, 2.75) is 31.7 Å². The molecule has 0 spiro atoms. The smallest absolute Gasteiger partial charge is 0.252 e. The highest BCUT2D eigenvalue weighted by Gasteiger charge is 2.15. The van der Waals surface area contributed by atoms with Gasteiger partial charge in [0, 0.05) is 21.5 Å². The van der Waals surface area contributed by atoms with E-state index in [2.05, 4.69) is 22.9 Å². The lowest BCUT2D eigenvalue weighted by Gasteiger charge is -2.13. The molecule has 0 fully saturated rings. The second-order valence-corrected chi connectivity index (χ2v) is 5.93. The zero-order valence-electron chi connectivity index (χ0n) is 11.1. The van der Waals surface area contributed by atoms with Crippen LogP contribution >= 0.6 is 24.0 Å². The van der Waals surface area contributed by atoms with Gasteiger partial charge in [0.2, 0.25) is 0 Å². The Morgan fingerprint density at radius 2 is 2.16 bits per heavy atom. The number of carbonyl (C=O) groups excluding carboxylic acids is 1. The number of carbonyl (C=O) groups is 1. The van der Waals surface area contributed by atoms with E-state index in [0.29, 0.717) is 5.56 Å². The fourth-order valence-electron chi connectivity index (χ4n) is 1.76. The molecule has 0 radical (unpaired) electrons. The van der Waals surface area contributed by atoms with Crippen LogP contribution in [0.3, 0.4) is 0 Å². The van der Waals surface area contributed by atoms with Crippen molar-refractivity contribution in [2.75, 3.05) is 0 Å². The van der Waals surface area contributed by atoms with Crippen molar-refractivity contribution in [3.63, 3.8) is 0 Å². The Labute approximate surface area is 122 Å². The van der Waals surface area contributed by atoms with Crippen molar-refractivity contribution in [1.29, 1.82) is 0 Å². The number of hydrogen-bond acceptors (Lipinski definition) is 4. The Morgan fingerprint density at radius 1 is 1.42 bits per heavy atom. The summed E-state index contributed by atoms with van der Waals surface area (Å²) in [6.07, 6.45) is 0. The van der Waals surface area contributed by atoms with Crippen LogP contribution in [0.1, 0.15) is 39.6 Å². The van der Waals surface area contributed by atoms with Gasteiger partial charge in [-0.1, -0.05) is 6.07 Å². The molecule has 0 saturated carbocycles. The average Bonchev–Trinajstić information content (AvgIpc) is 2.79. The summed E-state index contributed by atoms with van der Waals surface area (Å²) in [6, 6.07) is 5.47. The molecule has 1 N–H and O–H groups in total. The summed E-state index contributed by atoms with van der Waals surface area (Å²) in [4.78, 5) is 17.4. The first kappa shape index (κ1) is 14.1. The molecule has 2 rings (SSSR count). The van der Waals surface area contributed by atoms with Crippen molar-refractivity contribution >= 4 is 29.9 Å². The molecule has 5 heteroatoms. The zero-order valence-corrected chi connectivity index (χ0v) is 12.8. The van der Waals surface area contributed by atoms with E-state index in [-0.39, 0.29) is 11.9 Å². The molecular formula is C14H16N2OS2. The molecule has 1 amide bonds. The van der Waals surface area contributed by atoms with Gasteiger partial charge in [0.1, 0.15) is 5.01 Å². The van der Waals surface area contributed by atoms with E-state index in [9.17, 15) is 4.79 Å². The Bertz CT molecular complexity index is 607. The van der Waals surface area contributed by atoms with E-state index in [4.69, 9.17) is 0 Å². The number of amides is 1. The third-order valence-electron chi connectivity index (χ3n) is 2.82. The minimum Gasteiger partial charge on any atom is -0.343 e. The second kappa shape index (κ2) is 5.75. The van der Waals surface area contributed by atoms with Gasteiger partial charge in [-0.15, -0.1) is 24.0 Å². The van der Waals surface area contributed by atoms with Crippen LogP contribution in [0.25, 0.3) is 0 Å². The van der Waals surface area contributed by atoms with Crippen LogP contribution in [0.5, 0.6) is 0 Å². The zero-order chi connectivity index (χ0) is 14.0. The van der Waals surface area contributed by atoms with Crippen LogP contribution in [0.15, 0.2) is 28.5 Å². The number of nitrogens with zero attached hydrogens (tertiary/aromatic N) is 1. The molecule has 1 atom stereocenters. The number of rotatable bonds is 3. The van der Waals surface area contributed by atoms with E-state index >= 15 is 0 Å². The lowest BCUT2D eigenvalue weighted by Crippen LogP contribution is -2.27. The predicted octanol–water partition coefficient (Wildman–Crippen LogP) is 3.54. The van der Waals surface area contributed by atoms with Gasteiger partial charge in [-0.2, -0.15) is 0 Å². The maximum Gasteiger partial charge on any atom is 0.252 e. The van der Waals surface area contributed by atoms with Crippen molar-refractivity contribution in [2.24, 2.45) is 0 Å². The minimum absolute atomic E-state index is 0.0887. The van der Waals surface area contributed by atoms with E-state index in [1.807, 2.05) is 38.3 Å². The van der Waals surface area contributed by atoms with Gasteiger partial charge in [-0.05, 0) is 38.5 Å². The van der Waals surface area contributed by atoms with Crippen LogP contribution in [-0.4, -0.2) is 10.9 Å². The summed E-state index contributed by atoms with van der Waals surface area (Å²) >= 11 is 5.83. The molecule has 100 valence electrons. The maximum absolute atomic E-state index is 12.2. The highest BCUT2D eigenvalue weighted by atomic mass is 32.1. The van der Waals surface area contributed by atoms with Crippen molar-refractivity contribution in [3.8, 4) is 0 Å². The fraction of sp³-hybridized carbons (Fsp3) is 0.286. The Hall–Kier alpha value is -1.33. The lowest BCUT2D eigenvalue weighted by molar-refractivity contribution is 0.0939. The molecule has 0 aliphatic rings. The first-order chi connectivity index (χ1) is 8.97. The highest BCUT2D eigenvalue weighted by Crippen LogP contribution is 2.19. The lowest BCUT2D eigenvalue weighted by atomic mass is 10.1. The maximum atomic E-state index is 12.2. The summed E-state index contributed by atoms with van der Waals surface area (Å²) in [6.45, 7) is 5.81. The molecule has 1 unspecified atom stereocenters. The Kier molecular flexibility index (Phi) is 4.27. The van der Waals surface area contributed by atoms with Crippen LogP contribution < -0.4 is 5.32 Å². The summed E-state index contributed by atoms with van der Waals surface area (Å²) < 4.78 is 0. The molecule has 1 aromatic carbocycles. The van der Waals surface area contributed by atoms with Gasteiger partial charge >= 0.3 is 0 Å². The molecule has 3 nitrogen and oxygen atoms in total. The number of aromatic nitrogens is 1. The van der Waals surface area contributed by atoms with Crippen LogP contribution in [0.2, 0.25) is 0 Å². The Morgan fingerprint density at radius 3 is 2.79 bits per heavy atom. The summed E-state index contributed by atoms with van der Waals surface area (Å²) in [5.41, 5.74) is 2.58. The van der Waals surface area contributed by atoms with E-state index < -0.39 is 0 Å². The van der Waals surface area contributed by atoms with E-state index in [1.54, 1.807) is 17.4 Å². The topological polar surface area (TPSA) is 42.0 Å². The number of thiol groups is 1. The molecule has 19 heavy (non-hydrogen) atoms. The van der Waals surface area contributed by atoms with Crippen molar-refractivity contribution < 1.29 is 4.79 Å². The minimum atomic E-state index is -0.0891. The third kappa shape index (κ3) is 3.36. The number of aryl methyl sites for hydroxylation is 2. The SMILES string of the molecule is Cc1csc(C(C)NC(=O)c2cc(S)ccc2C)n1. The molecule has 1 heterocycles. The van der Waals surface area contributed by atoms with Crippen LogP contribution in [-0.2, 0) is 0 Å². The Balaban J connectivity index is 2.15. The van der Waals surface area contributed by atoms with Crippen molar-refractivity contribution in [1.82, 2.24) is 10.3 Å². The van der Waals surface area contributed by atoms with Crippen LogP contribution in [0.4, 0.5) is 0 Å². The van der Waals surface area contributed by atoms with Gasteiger partial charge in [0.25, 0.3) is 5.91 Å². The first-order valence-corrected chi connectivity index (χ1v) is 7.32. The quantitative estimate of drug-likeness (QED) is 0.850. The molecular weight excluding hydrogens is 276 g/mol. The summed E-state index contributed by atoms with van der Waals surface area (Å²) in [5.74, 6) is -0.0891. The average molecular weight is 292 g/mol. The number of nitrogens with one attached hydrogen (secondary N) is 1. The van der Waals surface area contributed by atoms with Gasteiger partial charge in [-0.3, -0.25) is 4.79 Å². The standard InChI is InChI=1S/C14H16N2OS2/c1-8-4-5-11(18)6-12(8)13(17)16-10(3)14-15-9(2)7-19-14/h4-7,10,18H,1-3H3,(H,16,17). The number of benzene rings is 1. The molecule has 0 aliphatic heterocycles. The van der Waals surface area contributed by atoms with Gasteiger partial charge < -0.3 is 5.32 Å². The predicted molar refractivity (Wildman–Crippen MR) is 81.2 cm³/mol. The normalized spacial score (nSPS) is 12.2. The molecule has 0 aliphatic carbocycles.